The number of rotatable bonds is 4. The number of aromatic nitrogens is 2. The van der Waals surface area contributed by atoms with Crippen LogP contribution >= 0.6 is 23.2 Å². The molecule has 1 saturated carbocycles. The fraction of sp³-hybridized carbons (Fsp3) is 0.538. The minimum absolute atomic E-state index is 0.0802. The minimum atomic E-state index is -0.983. The summed E-state index contributed by atoms with van der Waals surface area (Å²) < 4.78 is 0. The Kier molecular flexibility index (Phi) is 5.00. The van der Waals surface area contributed by atoms with Gasteiger partial charge in [0.15, 0.2) is 0 Å². The van der Waals surface area contributed by atoms with E-state index < -0.39 is 17.3 Å². The third kappa shape index (κ3) is 4.04. The lowest BCUT2D eigenvalue weighted by Crippen LogP contribution is -2.37. The van der Waals surface area contributed by atoms with E-state index in [0.29, 0.717) is 12.8 Å². The number of aliphatic carboxylic acids is 1. The quantitative estimate of drug-likeness (QED) is 0.653. The van der Waals surface area contributed by atoms with E-state index >= 15 is 0 Å². The van der Waals surface area contributed by atoms with Crippen molar-refractivity contribution in [3.8, 4) is 0 Å². The molecule has 0 aliphatic heterocycles. The highest BCUT2D eigenvalue weighted by molar-refractivity contribution is 6.32. The Bertz CT molecular complexity index is 539. The Balaban J connectivity index is 2.07. The third-order valence-electron chi connectivity index (χ3n) is 3.70. The van der Waals surface area contributed by atoms with Crippen molar-refractivity contribution in [2.24, 2.45) is 5.41 Å². The average molecular weight is 332 g/mol. The molecule has 0 saturated heterocycles. The largest absolute Gasteiger partial charge is 0.481 e. The molecule has 8 heteroatoms. The van der Waals surface area contributed by atoms with Crippen LogP contribution in [0.15, 0.2) is 6.07 Å². The lowest BCUT2D eigenvalue weighted by Gasteiger charge is -2.32. The topological polar surface area (TPSA) is 92.2 Å². The number of amides is 1. The van der Waals surface area contributed by atoms with Crippen LogP contribution in [0.2, 0.25) is 10.4 Å². The van der Waals surface area contributed by atoms with Gasteiger partial charge in [-0.15, -0.1) is 0 Å². The van der Waals surface area contributed by atoms with Crippen LogP contribution in [-0.2, 0) is 9.59 Å². The molecule has 0 bridgehead atoms. The van der Waals surface area contributed by atoms with Gasteiger partial charge in [-0.2, -0.15) is 0 Å². The van der Waals surface area contributed by atoms with E-state index in [1.807, 2.05) is 0 Å². The van der Waals surface area contributed by atoms with Crippen molar-refractivity contribution in [1.29, 1.82) is 0 Å². The fourth-order valence-electron chi connectivity index (χ4n) is 2.64. The molecule has 0 aromatic carbocycles. The first kappa shape index (κ1) is 16.0. The highest BCUT2D eigenvalue weighted by Gasteiger charge is 2.41. The molecule has 1 aliphatic rings. The van der Waals surface area contributed by atoms with E-state index in [0.717, 1.165) is 19.3 Å². The Morgan fingerprint density at radius 2 is 1.90 bits per heavy atom. The summed E-state index contributed by atoms with van der Waals surface area (Å²) in [5.74, 6) is -1.16. The Morgan fingerprint density at radius 1 is 1.24 bits per heavy atom. The van der Waals surface area contributed by atoms with Gasteiger partial charge in [0, 0.05) is 12.5 Å². The summed E-state index contributed by atoms with van der Waals surface area (Å²) in [6.45, 7) is 0. The SMILES string of the molecule is O=C(CC1(C(=O)O)CCCCC1)Nc1cc(Cl)nc(Cl)n1. The van der Waals surface area contributed by atoms with Gasteiger partial charge < -0.3 is 10.4 Å². The number of nitrogens with one attached hydrogen (secondary N) is 1. The molecule has 2 N–H and O–H groups in total. The molecule has 21 heavy (non-hydrogen) atoms. The molecule has 6 nitrogen and oxygen atoms in total. The zero-order chi connectivity index (χ0) is 15.5. The van der Waals surface area contributed by atoms with Crippen LogP contribution in [0.5, 0.6) is 0 Å². The van der Waals surface area contributed by atoms with Crippen LogP contribution in [0.25, 0.3) is 0 Å². The number of nitrogens with zero attached hydrogens (tertiary/aromatic N) is 2. The van der Waals surface area contributed by atoms with Crippen LogP contribution in [0.1, 0.15) is 38.5 Å². The number of hydrogen-bond acceptors (Lipinski definition) is 4. The fourth-order valence-corrected chi connectivity index (χ4v) is 3.05. The number of hydrogen-bond donors (Lipinski definition) is 2. The summed E-state index contributed by atoms with van der Waals surface area (Å²) in [7, 11) is 0. The zero-order valence-corrected chi connectivity index (χ0v) is 12.7. The van der Waals surface area contributed by atoms with Crippen LogP contribution < -0.4 is 5.32 Å². The standard InChI is InChI=1S/C13H15Cl2N3O3/c14-8-6-9(18-12(15)16-8)17-10(19)7-13(11(20)21)4-2-1-3-5-13/h6H,1-5,7H2,(H,20,21)(H,16,17,18,19). The molecule has 114 valence electrons. The molecule has 1 fully saturated rings. The lowest BCUT2D eigenvalue weighted by molar-refractivity contribution is -0.153. The lowest BCUT2D eigenvalue weighted by atomic mass is 9.71. The van der Waals surface area contributed by atoms with E-state index in [9.17, 15) is 14.7 Å². The molecular weight excluding hydrogens is 317 g/mol. The summed E-state index contributed by atoms with van der Waals surface area (Å²) in [5.41, 5.74) is -0.983. The smallest absolute Gasteiger partial charge is 0.310 e. The molecule has 0 atom stereocenters. The van der Waals surface area contributed by atoms with Crippen LogP contribution in [0, 0.1) is 5.41 Å². The first-order chi connectivity index (χ1) is 9.91. The number of carbonyl (C=O) groups excluding carboxylic acids is 1. The van der Waals surface area contributed by atoms with Crippen molar-refractivity contribution in [3.63, 3.8) is 0 Å². The summed E-state index contributed by atoms with van der Waals surface area (Å²) in [4.78, 5) is 31.1. The predicted molar refractivity (Wildman–Crippen MR) is 78.5 cm³/mol. The van der Waals surface area contributed by atoms with Crippen LogP contribution in [0.3, 0.4) is 0 Å². The molecule has 1 aliphatic carbocycles. The van der Waals surface area contributed by atoms with Crippen molar-refractivity contribution in [2.45, 2.75) is 38.5 Å². The normalized spacial score (nSPS) is 17.2. The molecule has 2 rings (SSSR count). The third-order valence-corrected chi connectivity index (χ3v) is 4.06. The monoisotopic (exact) mass is 331 g/mol. The maximum absolute atomic E-state index is 12.1. The highest BCUT2D eigenvalue weighted by Crippen LogP contribution is 2.39. The van der Waals surface area contributed by atoms with E-state index in [-0.39, 0.29) is 22.7 Å². The Labute approximate surface area is 131 Å². The Morgan fingerprint density at radius 3 is 2.48 bits per heavy atom. The van der Waals surface area contributed by atoms with E-state index in [1.165, 1.54) is 6.07 Å². The second-order valence-electron chi connectivity index (χ2n) is 5.22. The van der Waals surface area contributed by atoms with Gasteiger partial charge in [0.2, 0.25) is 11.2 Å². The molecule has 0 radical (unpaired) electrons. The highest BCUT2D eigenvalue weighted by atomic mass is 35.5. The van der Waals surface area contributed by atoms with E-state index in [2.05, 4.69) is 15.3 Å². The van der Waals surface area contributed by atoms with Crippen LogP contribution in [-0.4, -0.2) is 27.0 Å². The van der Waals surface area contributed by atoms with E-state index in [4.69, 9.17) is 23.2 Å². The predicted octanol–water partition coefficient (Wildman–Crippen LogP) is 3.15. The molecule has 1 amide bonds. The minimum Gasteiger partial charge on any atom is -0.481 e. The van der Waals surface area contributed by atoms with E-state index in [1.54, 1.807) is 0 Å². The molecule has 1 aromatic rings. The maximum Gasteiger partial charge on any atom is 0.310 e. The van der Waals surface area contributed by atoms with Gasteiger partial charge in [0.1, 0.15) is 11.0 Å². The molecule has 0 spiro atoms. The number of halogens is 2. The maximum atomic E-state index is 12.1. The van der Waals surface area contributed by atoms with Gasteiger partial charge in [-0.3, -0.25) is 9.59 Å². The van der Waals surface area contributed by atoms with Crippen molar-refractivity contribution >= 4 is 40.9 Å². The second kappa shape index (κ2) is 6.58. The molecular formula is C13H15Cl2N3O3. The summed E-state index contributed by atoms with van der Waals surface area (Å²) in [6.07, 6.45) is 3.60. The van der Waals surface area contributed by atoms with Gasteiger partial charge in [0.05, 0.1) is 5.41 Å². The molecule has 0 unspecified atom stereocenters. The number of carboxylic acids is 1. The summed E-state index contributed by atoms with van der Waals surface area (Å²) >= 11 is 11.4. The summed E-state index contributed by atoms with van der Waals surface area (Å²) in [5, 5.41) is 12.0. The number of anilines is 1. The van der Waals surface area contributed by atoms with Gasteiger partial charge in [-0.05, 0) is 24.4 Å². The van der Waals surface area contributed by atoms with Gasteiger partial charge >= 0.3 is 5.97 Å². The van der Waals surface area contributed by atoms with Crippen molar-refractivity contribution in [2.75, 3.05) is 5.32 Å². The summed E-state index contributed by atoms with van der Waals surface area (Å²) in [6, 6.07) is 1.36. The second-order valence-corrected chi connectivity index (χ2v) is 5.94. The van der Waals surface area contributed by atoms with Crippen LogP contribution in [0.4, 0.5) is 5.82 Å². The Hall–Kier alpha value is -1.40. The van der Waals surface area contributed by atoms with Gasteiger partial charge in [-0.1, -0.05) is 30.9 Å². The van der Waals surface area contributed by atoms with Crippen molar-refractivity contribution in [3.05, 3.63) is 16.5 Å². The van der Waals surface area contributed by atoms with Gasteiger partial charge in [0.25, 0.3) is 0 Å². The van der Waals surface area contributed by atoms with Gasteiger partial charge in [-0.25, -0.2) is 9.97 Å². The molecule has 1 aromatic heterocycles. The number of carboxylic acid groups (broad SMARTS) is 1. The average Bonchev–Trinajstić information content (AvgIpc) is 2.37. The first-order valence-electron chi connectivity index (χ1n) is 6.65. The number of carbonyl (C=O) groups is 2. The molecule has 1 heterocycles. The van der Waals surface area contributed by atoms with Crippen molar-refractivity contribution in [1.82, 2.24) is 9.97 Å². The van der Waals surface area contributed by atoms with Crippen molar-refractivity contribution < 1.29 is 14.7 Å². The zero-order valence-electron chi connectivity index (χ0n) is 11.2. The first-order valence-corrected chi connectivity index (χ1v) is 7.40.